The molecule has 2 rings (SSSR count). The van der Waals surface area contributed by atoms with Crippen molar-refractivity contribution in [3.05, 3.63) is 29.3 Å². The Labute approximate surface area is 102 Å². The quantitative estimate of drug-likeness (QED) is 0.793. The molecule has 1 heterocycles. The van der Waals surface area contributed by atoms with Gasteiger partial charge in [0.1, 0.15) is 0 Å². The summed E-state index contributed by atoms with van der Waals surface area (Å²) >= 11 is 0. The summed E-state index contributed by atoms with van der Waals surface area (Å²) in [5.74, 6) is -0.0118. The van der Waals surface area contributed by atoms with Gasteiger partial charge in [-0.3, -0.25) is 4.79 Å². The van der Waals surface area contributed by atoms with E-state index in [9.17, 15) is 4.79 Å². The van der Waals surface area contributed by atoms with Crippen molar-refractivity contribution >= 4 is 11.6 Å². The highest BCUT2D eigenvalue weighted by Gasteiger charge is 2.17. The Morgan fingerprint density at radius 3 is 2.71 bits per heavy atom. The number of carbonyl (C=O) groups is 1. The average molecular weight is 233 g/mol. The van der Waals surface area contributed by atoms with Gasteiger partial charge in [-0.15, -0.1) is 0 Å². The van der Waals surface area contributed by atoms with Gasteiger partial charge in [0, 0.05) is 38.9 Å². The molecule has 92 valence electrons. The molecule has 1 saturated heterocycles. The average Bonchev–Trinajstić information content (AvgIpc) is 2.38. The van der Waals surface area contributed by atoms with Crippen LogP contribution >= 0.6 is 0 Å². The highest BCUT2D eigenvalue weighted by molar-refractivity contribution is 5.99. The van der Waals surface area contributed by atoms with Crippen LogP contribution in [-0.4, -0.2) is 39.1 Å². The van der Waals surface area contributed by atoms with E-state index >= 15 is 0 Å². The van der Waals surface area contributed by atoms with Gasteiger partial charge in [0.05, 0.1) is 5.56 Å². The first-order valence-corrected chi connectivity index (χ1v) is 6.01. The minimum Gasteiger partial charge on any atom is -0.368 e. The molecule has 1 aromatic carbocycles. The number of aryl methyl sites for hydroxylation is 1. The molecule has 0 aliphatic carbocycles. The second-order valence-electron chi connectivity index (χ2n) is 4.34. The Hall–Kier alpha value is -1.55. The maximum atomic E-state index is 11.9. The number of hydrogen-bond acceptors (Lipinski definition) is 3. The molecule has 1 aromatic rings. The van der Waals surface area contributed by atoms with E-state index in [2.05, 4.69) is 21.6 Å². The summed E-state index contributed by atoms with van der Waals surface area (Å²) in [6, 6.07) is 6.06. The number of rotatable bonds is 2. The molecule has 0 bridgehead atoms. The van der Waals surface area contributed by atoms with Crippen LogP contribution in [0.1, 0.15) is 15.9 Å². The zero-order chi connectivity index (χ0) is 12.3. The molecule has 0 atom stereocenters. The number of carbonyl (C=O) groups excluding carboxylic acids is 1. The molecule has 0 aromatic heterocycles. The Kier molecular flexibility index (Phi) is 3.64. The summed E-state index contributed by atoms with van der Waals surface area (Å²) in [5, 5.41) is 6.02. The predicted molar refractivity (Wildman–Crippen MR) is 69.7 cm³/mol. The number of benzene rings is 1. The first-order chi connectivity index (χ1) is 8.22. The maximum absolute atomic E-state index is 11.9. The van der Waals surface area contributed by atoms with Crippen molar-refractivity contribution in [2.45, 2.75) is 6.92 Å². The summed E-state index contributed by atoms with van der Waals surface area (Å²) in [4.78, 5) is 14.1. The van der Waals surface area contributed by atoms with Crippen molar-refractivity contribution < 1.29 is 4.79 Å². The minimum absolute atomic E-state index is 0.0118. The lowest BCUT2D eigenvalue weighted by Gasteiger charge is -2.31. The van der Waals surface area contributed by atoms with Crippen LogP contribution in [0.5, 0.6) is 0 Å². The summed E-state index contributed by atoms with van der Waals surface area (Å²) in [5.41, 5.74) is 2.92. The number of nitrogens with one attached hydrogen (secondary N) is 2. The van der Waals surface area contributed by atoms with Gasteiger partial charge in [-0.2, -0.15) is 0 Å². The molecule has 17 heavy (non-hydrogen) atoms. The second kappa shape index (κ2) is 5.19. The van der Waals surface area contributed by atoms with Crippen molar-refractivity contribution in [2.24, 2.45) is 0 Å². The number of nitrogens with zero attached hydrogens (tertiary/aromatic N) is 1. The van der Waals surface area contributed by atoms with Crippen LogP contribution in [0.4, 0.5) is 5.69 Å². The van der Waals surface area contributed by atoms with Crippen LogP contribution in [0.15, 0.2) is 18.2 Å². The Morgan fingerprint density at radius 1 is 1.35 bits per heavy atom. The molecular weight excluding hydrogens is 214 g/mol. The van der Waals surface area contributed by atoms with Crippen molar-refractivity contribution in [1.29, 1.82) is 0 Å². The van der Waals surface area contributed by atoms with E-state index in [0.717, 1.165) is 43.0 Å². The second-order valence-corrected chi connectivity index (χ2v) is 4.34. The summed E-state index contributed by atoms with van der Waals surface area (Å²) in [7, 11) is 1.67. The smallest absolute Gasteiger partial charge is 0.253 e. The lowest BCUT2D eigenvalue weighted by Crippen LogP contribution is -2.44. The van der Waals surface area contributed by atoms with Crippen molar-refractivity contribution in [3.8, 4) is 0 Å². The zero-order valence-corrected chi connectivity index (χ0v) is 10.4. The molecule has 0 spiro atoms. The van der Waals surface area contributed by atoms with Gasteiger partial charge in [0.15, 0.2) is 0 Å². The van der Waals surface area contributed by atoms with Crippen molar-refractivity contribution in [2.75, 3.05) is 38.1 Å². The Morgan fingerprint density at radius 2 is 2.06 bits per heavy atom. The number of hydrogen-bond donors (Lipinski definition) is 2. The minimum atomic E-state index is -0.0118. The van der Waals surface area contributed by atoms with E-state index in [4.69, 9.17) is 0 Å². The number of anilines is 1. The largest absolute Gasteiger partial charge is 0.368 e. The molecular formula is C13H19N3O. The van der Waals surface area contributed by atoms with Crippen LogP contribution in [0, 0.1) is 6.92 Å². The van der Waals surface area contributed by atoms with Gasteiger partial charge in [0.25, 0.3) is 5.91 Å². The van der Waals surface area contributed by atoms with E-state index in [1.54, 1.807) is 7.05 Å². The molecule has 4 heteroatoms. The lowest BCUT2D eigenvalue weighted by atomic mass is 10.1. The van der Waals surface area contributed by atoms with E-state index in [1.807, 2.05) is 19.1 Å². The van der Waals surface area contributed by atoms with E-state index < -0.39 is 0 Å². The first-order valence-electron chi connectivity index (χ1n) is 6.01. The standard InChI is InChI=1S/C13H19N3O/c1-10-3-4-12(11(9-10)13(17)14-2)16-7-5-15-6-8-16/h3-4,9,15H,5-8H2,1-2H3,(H,14,17). The summed E-state index contributed by atoms with van der Waals surface area (Å²) < 4.78 is 0. The van der Waals surface area contributed by atoms with Crippen molar-refractivity contribution in [1.82, 2.24) is 10.6 Å². The van der Waals surface area contributed by atoms with Gasteiger partial charge < -0.3 is 15.5 Å². The van der Waals surface area contributed by atoms with Crippen LogP contribution in [0.25, 0.3) is 0 Å². The molecule has 1 amide bonds. The predicted octanol–water partition coefficient (Wildman–Crippen LogP) is 0.764. The Bertz CT molecular complexity index is 411. The normalized spacial score (nSPS) is 15.8. The van der Waals surface area contributed by atoms with Gasteiger partial charge in [-0.05, 0) is 19.1 Å². The third-order valence-corrected chi connectivity index (χ3v) is 3.08. The fourth-order valence-corrected chi connectivity index (χ4v) is 2.15. The van der Waals surface area contributed by atoms with Gasteiger partial charge in [0.2, 0.25) is 0 Å². The fourth-order valence-electron chi connectivity index (χ4n) is 2.15. The monoisotopic (exact) mass is 233 g/mol. The van der Waals surface area contributed by atoms with Gasteiger partial charge >= 0.3 is 0 Å². The molecule has 0 radical (unpaired) electrons. The summed E-state index contributed by atoms with van der Waals surface area (Å²) in [6.07, 6.45) is 0. The first kappa shape index (κ1) is 11.9. The van der Waals surface area contributed by atoms with E-state index in [1.165, 1.54) is 0 Å². The molecule has 1 aliphatic heterocycles. The lowest BCUT2D eigenvalue weighted by molar-refractivity contribution is 0.0963. The van der Waals surface area contributed by atoms with Gasteiger partial charge in [-0.1, -0.05) is 11.6 Å². The highest BCUT2D eigenvalue weighted by atomic mass is 16.1. The molecule has 4 nitrogen and oxygen atoms in total. The topological polar surface area (TPSA) is 44.4 Å². The van der Waals surface area contributed by atoms with Crippen LogP contribution in [0.3, 0.4) is 0 Å². The van der Waals surface area contributed by atoms with Crippen LogP contribution in [0.2, 0.25) is 0 Å². The van der Waals surface area contributed by atoms with E-state index in [-0.39, 0.29) is 5.91 Å². The fraction of sp³-hybridized carbons (Fsp3) is 0.462. The molecule has 1 aliphatic rings. The molecule has 0 saturated carbocycles. The van der Waals surface area contributed by atoms with Crippen LogP contribution in [-0.2, 0) is 0 Å². The third kappa shape index (κ3) is 2.58. The van der Waals surface area contributed by atoms with Crippen molar-refractivity contribution in [3.63, 3.8) is 0 Å². The number of piperazine rings is 1. The highest BCUT2D eigenvalue weighted by Crippen LogP contribution is 2.22. The molecule has 0 unspecified atom stereocenters. The number of amides is 1. The maximum Gasteiger partial charge on any atom is 0.253 e. The van der Waals surface area contributed by atoms with E-state index in [0.29, 0.717) is 0 Å². The third-order valence-electron chi connectivity index (χ3n) is 3.08. The van der Waals surface area contributed by atoms with Crippen LogP contribution < -0.4 is 15.5 Å². The summed E-state index contributed by atoms with van der Waals surface area (Å²) in [6.45, 7) is 5.86. The Balaban J connectivity index is 2.34. The SMILES string of the molecule is CNC(=O)c1cc(C)ccc1N1CCNCC1. The molecule has 1 fully saturated rings. The zero-order valence-electron chi connectivity index (χ0n) is 10.4. The van der Waals surface area contributed by atoms with Gasteiger partial charge in [-0.25, -0.2) is 0 Å². The molecule has 2 N–H and O–H groups in total.